The van der Waals surface area contributed by atoms with Crippen LogP contribution in [0.15, 0.2) is 55.0 Å². The minimum atomic E-state index is 0.0181. The quantitative estimate of drug-likeness (QED) is 0.696. The van der Waals surface area contributed by atoms with Crippen LogP contribution >= 0.6 is 0 Å². The van der Waals surface area contributed by atoms with Crippen molar-refractivity contribution < 1.29 is 9.53 Å². The number of carbonyl (C=O) groups is 1. The van der Waals surface area contributed by atoms with E-state index < -0.39 is 0 Å². The molecule has 0 bridgehead atoms. The lowest BCUT2D eigenvalue weighted by Crippen LogP contribution is -2.30. The summed E-state index contributed by atoms with van der Waals surface area (Å²) in [5.41, 5.74) is 2.45. The number of aryl methyl sites for hydroxylation is 1. The van der Waals surface area contributed by atoms with Gasteiger partial charge in [-0.25, -0.2) is 4.98 Å². The molecule has 1 unspecified atom stereocenters. The Kier molecular flexibility index (Phi) is 4.82. The van der Waals surface area contributed by atoms with Crippen LogP contribution in [0.4, 0.5) is 0 Å². The molecule has 3 aromatic rings. The van der Waals surface area contributed by atoms with E-state index in [-0.39, 0.29) is 11.8 Å². The van der Waals surface area contributed by atoms with E-state index in [0.717, 1.165) is 24.2 Å². The van der Waals surface area contributed by atoms with Crippen LogP contribution in [-0.2, 0) is 7.05 Å². The van der Waals surface area contributed by atoms with Gasteiger partial charge in [-0.15, -0.1) is 10.2 Å². The Bertz CT molecular complexity index is 908. The number of carbonyl (C=O) groups excluding carboxylic acids is 1. The molecule has 0 radical (unpaired) electrons. The van der Waals surface area contributed by atoms with Crippen molar-refractivity contribution in [1.82, 2.24) is 24.6 Å². The van der Waals surface area contributed by atoms with Crippen molar-refractivity contribution in [2.45, 2.75) is 6.42 Å². The standard InChI is InChI=1S/C20H21N5O2/c1-24-14-21-11-18(24)20(26)25-10-9-15(12-25)13-27-19-8-7-17(22-23-19)16-5-3-2-4-6-16/h2-8,11,14-15H,9-10,12-13H2,1H3. The third-order valence-electron chi connectivity index (χ3n) is 4.79. The van der Waals surface area contributed by atoms with E-state index in [1.165, 1.54) is 0 Å². The molecular formula is C20H21N5O2. The first-order valence-electron chi connectivity index (χ1n) is 8.98. The fourth-order valence-corrected chi connectivity index (χ4v) is 3.24. The number of benzene rings is 1. The van der Waals surface area contributed by atoms with Gasteiger partial charge in [0.15, 0.2) is 0 Å². The third-order valence-corrected chi connectivity index (χ3v) is 4.79. The normalized spacial score (nSPS) is 16.5. The summed E-state index contributed by atoms with van der Waals surface area (Å²) < 4.78 is 7.54. The molecule has 1 amide bonds. The molecule has 4 rings (SSSR count). The van der Waals surface area contributed by atoms with Gasteiger partial charge in [-0.3, -0.25) is 4.79 Å². The summed E-state index contributed by atoms with van der Waals surface area (Å²) in [7, 11) is 1.83. The second-order valence-electron chi connectivity index (χ2n) is 6.73. The second kappa shape index (κ2) is 7.57. The van der Waals surface area contributed by atoms with Crippen molar-refractivity contribution in [2.75, 3.05) is 19.7 Å². The maximum atomic E-state index is 12.5. The molecule has 0 aliphatic carbocycles. The number of aromatic nitrogens is 4. The van der Waals surface area contributed by atoms with Crippen LogP contribution in [0, 0.1) is 5.92 Å². The number of rotatable bonds is 5. The lowest BCUT2D eigenvalue weighted by atomic mass is 10.1. The molecule has 0 N–H and O–H groups in total. The van der Waals surface area contributed by atoms with E-state index >= 15 is 0 Å². The molecule has 7 nitrogen and oxygen atoms in total. The number of amides is 1. The van der Waals surface area contributed by atoms with E-state index in [1.54, 1.807) is 17.1 Å². The molecule has 1 saturated heterocycles. The van der Waals surface area contributed by atoms with E-state index in [0.29, 0.717) is 24.7 Å². The first-order valence-corrected chi connectivity index (χ1v) is 8.98. The van der Waals surface area contributed by atoms with Crippen LogP contribution in [0.5, 0.6) is 5.88 Å². The molecule has 27 heavy (non-hydrogen) atoms. The van der Waals surface area contributed by atoms with Gasteiger partial charge in [-0.2, -0.15) is 0 Å². The SMILES string of the molecule is Cn1cncc1C(=O)N1CCC(COc2ccc(-c3ccccc3)nn2)C1. The summed E-state index contributed by atoms with van der Waals surface area (Å²) in [5.74, 6) is 0.813. The lowest BCUT2D eigenvalue weighted by Gasteiger charge is -2.16. The highest BCUT2D eigenvalue weighted by atomic mass is 16.5. The van der Waals surface area contributed by atoms with E-state index in [1.807, 2.05) is 54.4 Å². The Morgan fingerprint density at radius 3 is 2.74 bits per heavy atom. The summed E-state index contributed by atoms with van der Waals surface area (Å²) in [4.78, 5) is 18.4. The monoisotopic (exact) mass is 363 g/mol. The predicted molar refractivity (Wildman–Crippen MR) is 100 cm³/mol. The van der Waals surface area contributed by atoms with E-state index in [2.05, 4.69) is 15.2 Å². The van der Waals surface area contributed by atoms with Crippen molar-refractivity contribution >= 4 is 5.91 Å². The molecule has 1 fully saturated rings. The van der Waals surface area contributed by atoms with Gasteiger partial charge in [0.2, 0.25) is 5.88 Å². The van der Waals surface area contributed by atoms with Crippen LogP contribution in [0.2, 0.25) is 0 Å². The zero-order chi connectivity index (χ0) is 18.6. The molecule has 1 atom stereocenters. The average molecular weight is 363 g/mol. The average Bonchev–Trinajstić information content (AvgIpc) is 3.36. The van der Waals surface area contributed by atoms with Gasteiger partial charge >= 0.3 is 0 Å². The number of nitrogens with zero attached hydrogens (tertiary/aromatic N) is 5. The molecule has 3 heterocycles. The summed E-state index contributed by atoms with van der Waals surface area (Å²) >= 11 is 0. The maximum absolute atomic E-state index is 12.5. The minimum Gasteiger partial charge on any atom is -0.476 e. The summed E-state index contributed by atoms with van der Waals surface area (Å²) in [5, 5.41) is 8.39. The van der Waals surface area contributed by atoms with Crippen molar-refractivity contribution in [1.29, 1.82) is 0 Å². The Labute approximate surface area is 157 Å². The lowest BCUT2D eigenvalue weighted by molar-refractivity contribution is 0.0773. The zero-order valence-electron chi connectivity index (χ0n) is 15.2. The van der Waals surface area contributed by atoms with Gasteiger partial charge in [-0.05, 0) is 12.5 Å². The van der Waals surface area contributed by atoms with Crippen molar-refractivity contribution in [2.24, 2.45) is 13.0 Å². The zero-order valence-corrected chi connectivity index (χ0v) is 15.2. The highest BCUT2D eigenvalue weighted by Gasteiger charge is 2.28. The van der Waals surface area contributed by atoms with Gasteiger partial charge in [0.05, 0.1) is 24.8 Å². The molecule has 1 aliphatic heterocycles. The van der Waals surface area contributed by atoms with Gasteiger partial charge in [0.1, 0.15) is 5.69 Å². The van der Waals surface area contributed by atoms with Gasteiger partial charge in [0.25, 0.3) is 5.91 Å². The number of hydrogen-bond donors (Lipinski definition) is 0. The van der Waals surface area contributed by atoms with E-state index in [4.69, 9.17) is 4.74 Å². The molecule has 7 heteroatoms. The van der Waals surface area contributed by atoms with Gasteiger partial charge in [-0.1, -0.05) is 30.3 Å². The molecule has 2 aromatic heterocycles. The first-order chi connectivity index (χ1) is 13.2. The molecule has 1 aromatic carbocycles. The largest absolute Gasteiger partial charge is 0.476 e. The summed E-state index contributed by atoms with van der Waals surface area (Å²) in [6.45, 7) is 1.94. The van der Waals surface area contributed by atoms with Crippen LogP contribution in [0.25, 0.3) is 11.3 Å². The summed E-state index contributed by atoms with van der Waals surface area (Å²) in [6, 6.07) is 13.7. The Morgan fingerprint density at radius 1 is 1.19 bits per heavy atom. The highest BCUT2D eigenvalue weighted by molar-refractivity contribution is 5.92. The van der Waals surface area contributed by atoms with Crippen LogP contribution in [0.3, 0.4) is 0 Å². The maximum Gasteiger partial charge on any atom is 0.272 e. The smallest absolute Gasteiger partial charge is 0.272 e. The molecule has 0 spiro atoms. The van der Waals surface area contributed by atoms with E-state index in [9.17, 15) is 4.79 Å². The van der Waals surface area contributed by atoms with Crippen LogP contribution in [0.1, 0.15) is 16.9 Å². The molecule has 1 aliphatic rings. The number of hydrogen-bond acceptors (Lipinski definition) is 5. The van der Waals surface area contributed by atoms with Gasteiger partial charge < -0.3 is 14.2 Å². The Morgan fingerprint density at radius 2 is 2.04 bits per heavy atom. The van der Waals surface area contributed by atoms with Crippen molar-refractivity contribution in [3.63, 3.8) is 0 Å². The molecule has 0 saturated carbocycles. The number of imidazole rings is 1. The molecular weight excluding hydrogens is 342 g/mol. The van der Waals surface area contributed by atoms with Gasteiger partial charge in [0, 0.05) is 37.7 Å². The molecule has 138 valence electrons. The topological polar surface area (TPSA) is 73.1 Å². The highest BCUT2D eigenvalue weighted by Crippen LogP contribution is 2.21. The first kappa shape index (κ1) is 17.2. The Hall–Kier alpha value is -3.22. The number of likely N-dealkylation sites (tertiary alicyclic amines) is 1. The van der Waals surface area contributed by atoms with Crippen molar-refractivity contribution in [3.05, 3.63) is 60.7 Å². The van der Waals surface area contributed by atoms with Crippen LogP contribution < -0.4 is 4.74 Å². The predicted octanol–water partition coefficient (Wildman–Crippen LogP) is 2.42. The summed E-state index contributed by atoms with van der Waals surface area (Å²) in [6.07, 6.45) is 4.16. The Balaban J connectivity index is 1.31. The second-order valence-corrected chi connectivity index (χ2v) is 6.73. The van der Waals surface area contributed by atoms with Crippen LogP contribution in [-0.4, -0.2) is 50.3 Å². The van der Waals surface area contributed by atoms with Crippen molar-refractivity contribution in [3.8, 4) is 17.1 Å². The fraction of sp³-hybridized carbons (Fsp3) is 0.300. The number of ether oxygens (including phenoxy) is 1. The fourth-order valence-electron chi connectivity index (χ4n) is 3.24. The minimum absolute atomic E-state index is 0.0181. The third kappa shape index (κ3) is 3.81.